The average Bonchev–Trinajstić information content (AvgIpc) is 2.75. The largest absolute Gasteiger partial charge is 0.465 e. The van der Waals surface area contributed by atoms with Gasteiger partial charge in [0, 0.05) is 38.3 Å². The Labute approximate surface area is 191 Å². The maximum atomic E-state index is 14.3. The lowest BCUT2D eigenvalue weighted by atomic mass is 10.0. The van der Waals surface area contributed by atoms with Crippen molar-refractivity contribution in [2.45, 2.75) is 18.6 Å². The zero-order valence-electron chi connectivity index (χ0n) is 18.0. The molecule has 0 unspecified atom stereocenters. The van der Waals surface area contributed by atoms with E-state index in [1.807, 2.05) is 4.90 Å². The Morgan fingerprint density at radius 3 is 2.56 bits per heavy atom. The molecule has 1 saturated heterocycles. The van der Waals surface area contributed by atoms with E-state index in [4.69, 9.17) is 9.84 Å². The first-order valence-electron chi connectivity index (χ1n) is 10.2. The van der Waals surface area contributed by atoms with Gasteiger partial charge in [-0.3, -0.25) is 15.0 Å². The average molecular weight is 486 g/mol. The topological polar surface area (TPSA) is 108 Å². The standard InChI is InChI=1S/C21H22F4N4O5/c1-27-10-11-28(12-13(27)8-9-26-20(30)31)19-15(29(32)33)6-7-17(18(19)21(23,24)25)34-16-5-3-2-4-14(16)22/h2-7,13,26H,8-12H2,1H3,(H,30,31)/t13-/m1/s1. The summed E-state index contributed by atoms with van der Waals surface area (Å²) < 4.78 is 62.1. The highest BCUT2D eigenvalue weighted by atomic mass is 19.4. The number of alkyl halides is 3. The number of likely N-dealkylation sites (N-methyl/N-ethyl adjacent to an activating group) is 1. The van der Waals surface area contributed by atoms with Crippen LogP contribution in [0.2, 0.25) is 0 Å². The van der Waals surface area contributed by atoms with E-state index in [9.17, 15) is 32.5 Å². The van der Waals surface area contributed by atoms with Crippen molar-refractivity contribution in [1.82, 2.24) is 10.2 Å². The number of nitro benzene ring substituents is 1. The second-order valence-electron chi connectivity index (χ2n) is 7.69. The summed E-state index contributed by atoms with van der Waals surface area (Å²) in [5.74, 6) is -2.11. The summed E-state index contributed by atoms with van der Waals surface area (Å²) in [6.45, 7) is 0.366. The van der Waals surface area contributed by atoms with Crippen LogP contribution in [0.25, 0.3) is 0 Å². The molecule has 2 aromatic carbocycles. The van der Waals surface area contributed by atoms with Crippen molar-refractivity contribution in [1.29, 1.82) is 0 Å². The smallest absolute Gasteiger partial charge is 0.422 e. The van der Waals surface area contributed by atoms with Crippen LogP contribution in [-0.4, -0.2) is 60.3 Å². The van der Waals surface area contributed by atoms with Crippen LogP contribution in [0.4, 0.5) is 33.7 Å². The summed E-state index contributed by atoms with van der Waals surface area (Å²) in [4.78, 5) is 24.6. The van der Waals surface area contributed by atoms with Gasteiger partial charge in [0.15, 0.2) is 11.6 Å². The molecular formula is C21H22F4N4O5. The third-order valence-electron chi connectivity index (χ3n) is 5.50. The number of carbonyl (C=O) groups is 1. The molecule has 9 nitrogen and oxygen atoms in total. The molecule has 0 aromatic heterocycles. The number of rotatable bonds is 7. The molecule has 1 aliphatic rings. The Bertz CT molecular complexity index is 1070. The predicted molar refractivity (Wildman–Crippen MR) is 114 cm³/mol. The number of halogens is 4. The number of benzene rings is 2. The van der Waals surface area contributed by atoms with Crippen molar-refractivity contribution in [3.63, 3.8) is 0 Å². The van der Waals surface area contributed by atoms with Gasteiger partial charge >= 0.3 is 12.3 Å². The number of amides is 1. The predicted octanol–water partition coefficient (Wildman–Crippen LogP) is 4.32. The number of piperazine rings is 1. The quantitative estimate of drug-likeness (QED) is 0.341. The molecule has 0 radical (unpaired) electrons. The molecule has 184 valence electrons. The lowest BCUT2D eigenvalue weighted by Crippen LogP contribution is -2.53. The maximum absolute atomic E-state index is 14.3. The van der Waals surface area contributed by atoms with Crippen LogP contribution in [0.5, 0.6) is 11.5 Å². The third-order valence-corrected chi connectivity index (χ3v) is 5.50. The fraction of sp³-hybridized carbons (Fsp3) is 0.381. The molecule has 2 aromatic rings. The van der Waals surface area contributed by atoms with E-state index in [1.54, 1.807) is 7.05 Å². The van der Waals surface area contributed by atoms with Crippen molar-refractivity contribution in [2.75, 3.05) is 38.1 Å². The second kappa shape index (κ2) is 10.1. The Morgan fingerprint density at radius 2 is 1.94 bits per heavy atom. The van der Waals surface area contributed by atoms with Crippen molar-refractivity contribution in [2.24, 2.45) is 0 Å². The van der Waals surface area contributed by atoms with Crippen LogP contribution < -0.4 is 15.0 Å². The lowest BCUT2D eigenvalue weighted by molar-refractivity contribution is -0.384. The number of para-hydroxylation sites is 1. The Balaban J connectivity index is 2.06. The Morgan fingerprint density at radius 1 is 1.24 bits per heavy atom. The van der Waals surface area contributed by atoms with E-state index in [1.165, 1.54) is 17.0 Å². The van der Waals surface area contributed by atoms with Gasteiger partial charge in [0.2, 0.25) is 0 Å². The van der Waals surface area contributed by atoms with Gasteiger partial charge in [-0.2, -0.15) is 13.2 Å². The van der Waals surface area contributed by atoms with Crippen LogP contribution >= 0.6 is 0 Å². The van der Waals surface area contributed by atoms with Crippen molar-refractivity contribution >= 4 is 17.5 Å². The van der Waals surface area contributed by atoms with Crippen molar-refractivity contribution < 1.29 is 37.1 Å². The monoisotopic (exact) mass is 486 g/mol. The molecule has 1 atom stereocenters. The van der Waals surface area contributed by atoms with Crippen LogP contribution in [0.15, 0.2) is 36.4 Å². The van der Waals surface area contributed by atoms with Crippen LogP contribution in [-0.2, 0) is 6.18 Å². The molecule has 0 aliphatic carbocycles. The number of carboxylic acid groups (broad SMARTS) is 1. The number of ether oxygens (including phenoxy) is 1. The molecule has 1 heterocycles. The summed E-state index contributed by atoms with van der Waals surface area (Å²) in [5, 5.41) is 22.6. The van der Waals surface area contributed by atoms with Gasteiger partial charge in [-0.05, 0) is 31.7 Å². The molecule has 0 bridgehead atoms. The molecule has 0 saturated carbocycles. The maximum Gasteiger partial charge on any atom is 0.422 e. The SMILES string of the molecule is CN1CCN(c2c([N+](=O)[O-])ccc(Oc3ccccc3F)c2C(F)(F)F)C[C@H]1CCNC(=O)O. The molecule has 1 amide bonds. The first kappa shape index (κ1) is 25.0. The van der Waals surface area contributed by atoms with Gasteiger partial charge in [0.1, 0.15) is 17.0 Å². The van der Waals surface area contributed by atoms with Crippen LogP contribution in [0.1, 0.15) is 12.0 Å². The second-order valence-corrected chi connectivity index (χ2v) is 7.69. The zero-order valence-corrected chi connectivity index (χ0v) is 18.0. The van der Waals surface area contributed by atoms with E-state index < -0.39 is 51.4 Å². The summed E-state index contributed by atoms with van der Waals surface area (Å²) in [6.07, 6.45) is -6.01. The number of hydrogen-bond acceptors (Lipinski definition) is 6. The fourth-order valence-electron chi connectivity index (χ4n) is 3.84. The van der Waals surface area contributed by atoms with Gasteiger partial charge in [0.05, 0.1) is 4.92 Å². The molecule has 13 heteroatoms. The minimum atomic E-state index is -5.05. The van der Waals surface area contributed by atoms with Gasteiger partial charge < -0.3 is 20.1 Å². The Hall–Kier alpha value is -3.61. The molecule has 1 fully saturated rings. The van der Waals surface area contributed by atoms with Gasteiger partial charge in [-0.1, -0.05) is 12.1 Å². The number of anilines is 1. The summed E-state index contributed by atoms with van der Waals surface area (Å²) >= 11 is 0. The highest BCUT2D eigenvalue weighted by Crippen LogP contribution is 2.48. The molecule has 1 aliphatic heterocycles. The minimum absolute atomic E-state index is 0.0229. The van der Waals surface area contributed by atoms with E-state index in [2.05, 4.69) is 5.32 Å². The molecular weight excluding hydrogens is 464 g/mol. The number of nitro groups is 1. The van der Waals surface area contributed by atoms with Crippen LogP contribution in [0, 0.1) is 15.9 Å². The third kappa shape index (κ3) is 5.65. The number of nitrogens with zero attached hydrogens (tertiary/aromatic N) is 3. The molecule has 2 N–H and O–H groups in total. The van der Waals surface area contributed by atoms with E-state index in [0.717, 1.165) is 24.3 Å². The van der Waals surface area contributed by atoms with Crippen molar-refractivity contribution in [3.8, 4) is 11.5 Å². The normalized spacial score (nSPS) is 16.9. The summed E-state index contributed by atoms with van der Waals surface area (Å²) in [7, 11) is 1.74. The minimum Gasteiger partial charge on any atom is -0.465 e. The van der Waals surface area contributed by atoms with Crippen LogP contribution in [0.3, 0.4) is 0 Å². The Kier molecular flexibility index (Phi) is 7.44. The lowest BCUT2D eigenvalue weighted by Gasteiger charge is -2.41. The highest BCUT2D eigenvalue weighted by molar-refractivity contribution is 5.73. The van der Waals surface area contributed by atoms with Gasteiger partial charge in [-0.25, -0.2) is 9.18 Å². The fourth-order valence-corrected chi connectivity index (χ4v) is 3.84. The van der Waals surface area contributed by atoms with Gasteiger partial charge in [-0.15, -0.1) is 0 Å². The van der Waals surface area contributed by atoms with E-state index >= 15 is 0 Å². The first-order valence-corrected chi connectivity index (χ1v) is 10.2. The zero-order chi connectivity index (χ0) is 25.0. The molecule has 0 spiro atoms. The molecule has 34 heavy (non-hydrogen) atoms. The van der Waals surface area contributed by atoms with E-state index in [0.29, 0.717) is 0 Å². The van der Waals surface area contributed by atoms with E-state index in [-0.39, 0.29) is 38.6 Å². The summed E-state index contributed by atoms with van der Waals surface area (Å²) in [5.41, 5.74) is -2.81. The summed E-state index contributed by atoms with van der Waals surface area (Å²) in [6, 6.07) is 6.23. The first-order chi connectivity index (χ1) is 16.0. The number of hydrogen-bond donors (Lipinski definition) is 2. The number of nitrogens with one attached hydrogen (secondary N) is 1. The highest BCUT2D eigenvalue weighted by Gasteiger charge is 2.44. The molecule has 3 rings (SSSR count). The van der Waals surface area contributed by atoms with Crippen molar-refractivity contribution in [3.05, 3.63) is 57.9 Å². The van der Waals surface area contributed by atoms with Gasteiger partial charge in [0.25, 0.3) is 5.69 Å².